The molecule has 0 bridgehead atoms. The molecule has 2 heterocycles. The van der Waals surface area contributed by atoms with Gasteiger partial charge < -0.3 is 10.3 Å². The van der Waals surface area contributed by atoms with Crippen molar-refractivity contribution in [3.8, 4) is 0 Å². The normalized spacial score (nSPS) is 20.3. The first-order valence-electron chi connectivity index (χ1n) is 7.02. The number of fused-ring (bicyclic) bond motifs is 1. The number of nitrogens with two attached hydrogens (primary N) is 1. The fourth-order valence-corrected chi connectivity index (χ4v) is 3.98. The molecule has 1 saturated heterocycles. The average molecular weight is 275 g/mol. The Morgan fingerprint density at radius 2 is 2.26 bits per heavy atom. The molecule has 0 radical (unpaired) electrons. The molecule has 1 unspecified atom stereocenters. The van der Waals surface area contributed by atoms with E-state index in [2.05, 4.69) is 36.2 Å². The van der Waals surface area contributed by atoms with E-state index in [1.165, 1.54) is 35.7 Å². The number of aromatic nitrogens is 2. The molecule has 1 aliphatic rings. The Bertz CT molecular complexity index is 582. The summed E-state index contributed by atoms with van der Waals surface area (Å²) in [4.78, 5) is 4.82. The van der Waals surface area contributed by atoms with Gasteiger partial charge in [0.1, 0.15) is 5.82 Å². The van der Waals surface area contributed by atoms with Crippen molar-refractivity contribution in [3.63, 3.8) is 0 Å². The van der Waals surface area contributed by atoms with Gasteiger partial charge in [-0.25, -0.2) is 4.98 Å². The summed E-state index contributed by atoms with van der Waals surface area (Å²) in [6.07, 6.45) is 2.57. The van der Waals surface area contributed by atoms with Crippen LogP contribution in [0, 0.1) is 0 Å². The molecule has 1 aliphatic heterocycles. The van der Waals surface area contributed by atoms with Crippen molar-refractivity contribution in [1.29, 1.82) is 0 Å². The van der Waals surface area contributed by atoms with Crippen LogP contribution in [0.5, 0.6) is 0 Å². The van der Waals surface area contributed by atoms with Crippen LogP contribution in [0.4, 0.5) is 5.69 Å². The number of benzene rings is 1. The number of hydrogen-bond acceptors (Lipinski definition) is 3. The van der Waals surface area contributed by atoms with E-state index in [1.54, 1.807) is 0 Å². The zero-order valence-electron chi connectivity index (χ0n) is 11.6. The molecular weight excluding hydrogens is 254 g/mol. The Morgan fingerprint density at radius 3 is 2.95 bits per heavy atom. The van der Waals surface area contributed by atoms with E-state index in [4.69, 9.17) is 10.7 Å². The van der Waals surface area contributed by atoms with E-state index < -0.39 is 0 Å². The molecule has 0 aliphatic carbocycles. The summed E-state index contributed by atoms with van der Waals surface area (Å²) < 4.78 is 2.46. The summed E-state index contributed by atoms with van der Waals surface area (Å²) in [6.45, 7) is 4.44. The number of rotatable bonds is 2. The Hall–Kier alpha value is -1.16. The number of thioether (sulfide) groups is 1. The Labute approximate surface area is 118 Å². The van der Waals surface area contributed by atoms with Crippen molar-refractivity contribution in [3.05, 3.63) is 24.0 Å². The summed E-state index contributed by atoms with van der Waals surface area (Å²) in [5.41, 5.74) is 8.96. The number of nitrogen functional groups attached to an aromatic ring is 1. The molecule has 4 heteroatoms. The van der Waals surface area contributed by atoms with Crippen LogP contribution in [0.2, 0.25) is 0 Å². The van der Waals surface area contributed by atoms with E-state index in [0.29, 0.717) is 12.0 Å². The van der Waals surface area contributed by atoms with Crippen molar-refractivity contribution in [2.75, 3.05) is 17.2 Å². The largest absolute Gasteiger partial charge is 0.399 e. The second-order valence-electron chi connectivity index (χ2n) is 5.61. The molecule has 3 nitrogen and oxygen atoms in total. The highest BCUT2D eigenvalue weighted by Crippen LogP contribution is 2.33. The standard InChI is InChI=1S/C15H21N3S/c1-10(2)15-17-13-8-11(16)5-6-14(13)18(15)12-4-3-7-19-9-12/h5-6,8,10,12H,3-4,7,9,16H2,1-2H3. The number of imidazole rings is 1. The summed E-state index contributed by atoms with van der Waals surface area (Å²) in [5, 5.41) is 0. The molecule has 1 fully saturated rings. The summed E-state index contributed by atoms with van der Waals surface area (Å²) in [6, 6.07) is 6.70. The van der Waals surface area contributed by atoms with Gasteiger partial charge in [0.2, 0.25) is 0 Å². The average Bonchev–Trinajstić information content (AvgIpc) is 2.78. The van der Waals surface area contributed by atoms with Crippen LogP contribution in [0.3, 0.4) is 0 Å². The van der Waals surface area contributed by atoms with Crippen LogP contribution in [0.25, 0.3) is 11.0 Å². The highest BCUT2D eigenvalue weighted by molar-refractivity contribution is 7.99. The minimum Gasteiger partial charge on any atom is -0.399 e. The first-order valence-corrected chi connectivity index (χ1v) is 8.17. The number of anilines is 1. The van der Waals surface area contributed by atoms with Gasteiger partial charge in [-0.05, 0) is 36.8 Å². The van der Waals surface area contributed by atoms with Gasteiger partial charge in [0.25, 0.3) is 0 Å². The van der Waals surface area contributed by atoms with Gasteiger partial charge in [-0.1, -0.05) is 13.8 Å². The van der Waals surface area contributed by atoms with Crippen LogP contribution in [0.15, 0.2) is 18.2 Å². The topological polar surface area (TPSA) is 43.8 Å². The number of hydrogen-bond donors (Lipinski definition) is 1. The summed E-state index contributed by atoms with van der Waals surface area (Å²) in [7, 11) is 0. The van der Waals surface area contributed by atoms with Crippen LogP contribution >= 0.6 is 11.8 Å². The SMILES string of the molecule is CC(C)c1nc2cc(N)ccc2n1C1CCCSC1. The smallest absolute Gasteiger partial charge is 0.112 e. The maximum atomic E-state index is 5.88. The molecule has 2 aromatic rings. The van der Waals surface area contributed by atoms with Crippen LogP contribution < -0.4 is 5.73 Å². The van der Waals surface area contributed by atoms with Gasteiger partial charge >= 0.3 is 0 Å². The van der Waals surface area contributed by atoms with Crippen molar-refractivity contribution in [2.45, 2.75) is 38.6 Å². The van der Waals surface area contributed by atoms with Gasteiger partial charge in [-0.3, -0.25) is 0 Å². The zero-order chi connectivity index (χ0) is 13.4. The first-order chi connectivity index (χ1) is 9.16. The lowest BCUT2D eigenvalue weighted by atomic mass is 10.1. The second kappa shape index (κ2) is 5.08. The van der Waals surface area contributed by atoms with E-state index >= 15 is 0 Å². The third kappa shape index (κ3) is 2.34. The Kier molecular flexibility index (Phi) is 3.44. The molecule has 1 atom stereocenters. The molecule has 1 aromatic heterocycles. The van der Waals surface area contributed by atoms with Crippen molar-refractivity contribution < 1.29 is 0 Å². The van der Waals surface area contributed by atoms with Crippen LogP contribution in [-0.2, 0) is 0 Å². The van der Waals surface area contributed by atoms with Gasteiger partial charge in [0, 0.05) is 23.4 Å². The predicted octanol–water partition coefficient (Wildman–Crippen LogP) is 3.81. The van der Waals surface area contributed by atoms with Crippen LogP contribution in [-0.4, -0.2) is 21.1 Å². The maximum absolute atomic E-state index is 5.88. The maximum Gasteiger partial charge on any atom is 0.112 e. The zero-order valence-corrected chi connectivity index (χ0v) is 12.4. The summed E-state index contributed by atoms with van der Waals surface area (Å²) in [5.74, 6) is 4.15. The van der Waals surface area contributed by atoms with Crippen LogP contribution in [0.1, 0.15) is 44.5 Å². The molecule has 19 heavy (non-hydrogen) atoms. The Morgan fingerprint density at radius 1 is 1.42 bits per heavy atom. The van der Waals surface area contributed by atoms with E-state index in [1.807, 2.05) is 12.1 Å². The molecular formula is C15H21N3S. The molecule has 1 aromatic carbocycles. The molecule has 0 saturated carbocycles. The summed E-state index contributed by atoms with van der Waals surface area (Å²) >= 11 is 2.06. The van der Waals surface area contributed by atoms with E-state index in [9.17, 15) is 0 Å². The molecule has 0 spiro atoms. The fraction of sp³-hybridized carbons (Fsp3) is 0.533. The Balaban J connectivity index is 2.15. The molecule has 2 N–H and O–H groups in total. The molecule has 0 amide bonds. The van der Waals surface area contributed by atoms with Crippen molar-refractivity contribution in [1.82, 2.24) is 9.55 Å². The predicted molar refractivity (Wildman–Crippen MR) is 83.8 cm³/mol. The minimum absolute atomic E-state index is 0.445. The monoisotopic (exact) mass is 275 g/mol. The second-order valence-corrected chi connectivity index (χ2v) is 6.76. The van der Waals surface area contributed by atoms with E-state index in [0.717, 1.165) is 11.2 Å². The van der Waals surface area contributed by atoms with Gasteiger partial charge in [-0.2, -0.15) is 11.8 Å². The van der Waals surface area contributed by atoms with Crippen molar-refractivity contribution >= 4 is 28.5 Å². The minimum atomic E-state index is 0.445. The van der Waals surface area contributed by atoms with Gasteiger partial charge in [0.15, 0.2) is 0 Å². The third-order valence-corrected chi connectivity index (χ3v) is 4.96. The lowest BCUT2D eigenvalue weighted by molar-refractivity contribution is 0.484. The first kappa shape index (κ1) is 12.9. The molecule has 3 rings (SSSR count). The fourth-order valence-electron chi connectivity index (χ4n) is 2.85. The van der Waals surface area contributed by atoms with Gasteiger partial charge in [0.05, 0.1) is 11.0 Å². The lowest BCUT2D eigenvalue weighted by Gasteiger charge is -2.26. The highest BCUT2D eigenvalue weighted by Gasteiger charge is 2.22. The highest BCUT2D eigenvalue weighted by atomic mass is 32.2. The lowest BCUT2D eigenvalue weighted by Crippen LogP contribution is -2.19. The number of nitrogens with zero attached hydrogens (tertiary/aromatic N) is 2. The van der Waals surface area contributed by atoms with E-state index in [-0.39, 0.29) is 0 Å². The van der Waals surface area contributed by atoms with Gasteiger partial charge in [-0.15, -0.1) is 0 Å². The molecule has 102 valence electrons. The quantitative estimate of drug-likeness (QED) is 0.848. The third-order valence-electron chi connectivity index (χ3n) is 3.76. The van der Waals surface area contributed by atoms with Crippen molar-refractivity contribution in [2.24, 2.45) is 0 Å².